The molecule has 2 N–H and O–H groups in total. The second-order valence-corrected chi connectivity index (χ2v) is 8.76. The highest BCUT2D eigenvalue weighted by molar-refractivity contribution is 5.91. The first-order valence-electron chi connectivity index (χ1n) is 10.2. The minimum Gasteiger partial charge on any atom is -0.507 e. The van der Waals surface area contributed by atoms with Crippen LogP contribution in [0.1, 0.15) is 45.6 Å². The number of anilines is 1. The van der Waals surface area contributed by atoms with Crippen molar-refractivity contribution in [1.29, 1.82) is 0 Å². The summed E-state index contributed by atoms with van der Waals surface area (Å²) in [5.74, 6) is 0.611. The Kier molecular flexibility index (Phi) is 6.21. The van der Waals surface area contributed by atoms with Crippen molar-refractivity contribution in [3.05, 3.63) is 65.9 Å². The number of aryl methyl sites for hydroxylation is 1. The number of hydrogen-bond acceptors (Lipinski definition) is 3. The van der Waals surface area contributed by atoms with Crippen LogP contribution in [0, 0.1) is 18.3 Å². The minimum absolute atomic E-state index is 0.000469. The zero-order valence-corrected chi connectivity index (χ0v) is 17.7. The lowest BCUT2D eigenvalue weighted by Crippen LogP contribution is -2.15. The SMILES string of the molecule is Cc1cc(NC(=O)CC[C@H]2C=CC(C(C)(C)C)=CC2)cnc1-c1ccccc1O. The van der Waals surface area contributed by atoms with E-state index < -0.39 is 0 Å². The molecule has 1 amide bonds. The third-order valence-electron chi connectivity index (χ3n) is 5.32. The normalized spacial score (nSPS) is 16.4. The van der Waals surface area contributed by atoms with Crippen LogP contribution in [0.15, 0.2) is 60.3 Å². The fraction of sp³-hybridized carbons (Fsp3) is 0.360. The van der Waals surface area contributed by atoms with Gasteiger partial charge >= 0.3 is 0 Å². The Bertz CT molecular complexity index is 952. The van der Waals surface area contributed by atoms with Gasteiger partial charge in [0.15, 0.2) is 0 Å². The fourth-order valence-electron chi connectivity index (χ4n) is 3.57. The van der Waals surface area contributed by atoms with Crippen LogP contribution in [-0.2, 0) is 4.79 Å². The average molecular weight is 391 g/mol. The molecular weight excluding hydrogens is 360 g/mol. The number of aromatic nitrogens is 1. The molecule has 0 aliphatic heterocycles. The quantitative estimate of drug-likeness (QED) is 0.655. The number of carbonyl (C=O) groups excluding carboxylic acids is 1. The Labute approximate surface area is 173 Å². The maximum absolute atomic E-state index is 12.4. The van der Waals surface area contributed by atoms with E-state index in [0.717, 1.165) is 24.1 Å². The van der Waals surface area contributed by atoms with Gasteiger partial charge in [0.25, 0.3) is 0 Å². The first kappa shape index (κ1) is 20.8. The van der Waals surface area contributed by atoms with Gasteiger partial charge in [0, 0.05) is 12.0 Å². The van der Waals surface area contributed by atoms with Gasteiger partial charge in [-0.25, -0.2) is 0 Å². The number of rotatable bonds is 5. The topological polar surface area (TPSA) is 62.2 Å². The number of phenols is 1. The van der Waals surface area contributed by atoms with Gasteiger partial charge in [0.05, 0.1) is 17.6 Å². The van der Waals surface area contributed by atoms with E-state index in [9.17, 15) is 9.90 Å². The number of phenolic OH excluding ortho intramolecular Hbond substituents is 1. The van der Waals surface area contributed by atoms with Crippen LogP contribution < -0.4 is 5.32 Å². The highest BCUT2D eigenvalue weighted by Gasteiger charge is 2.19. The van der Waals surface area contributed by atoms with Gasteiger partial charge in [-0.05, 0) is 60.4 Å². The molecule has 152 valence electrons. The molecule has 1 heterocycles. The van der Waals surface area contributed by atoms with Crippen molar-refractivity contribution in [3.8, 4) is 17.0 Å². The van der Waals surface area contributed by atoms with E-state index in [-0.39, 0.29) is 17.1 Å². The van der Waals surface area contributed by atoms with Gasteiger partial charge in [-0.15, -0.1) is 0 Å². The molecule has 0 unspecified atom stereocenters. The molecule has 0 fully saturated rings. The standard InChI is InChI=1S/C25H30N2O2/c1-17-15-20(16-26-24(17)21-7-5-6-8-22(21)28)27-23(29)14-11-18-9-12-19(13-10-18)25(2,3)4/h5-9,12-13,15-16,18,28H,10-11,14H2,1-4H3,(H,27,29)/t18-/m0/s1. The van der Waals surface area contributed by atoms with E-state index in [2.05, 4.69) is 49.3 Å². The van der Waals surface area contributed by atoms with E-state index in [4.69, 9.17) is 0 Å². The number of amides is 1. The summed E-state index contributed by atoms with van der Waals surface area (Å²) in [5.41, 5.74) is 4.53. The van der Waals surface area contributed by atoms with Gasteiger partial charge in [0.2, 0.25) is 5.91 Å². The summed E-state index contributed by atoms with van der Waals surface area (Å²) in [6.07, 6.45) is 10.7. The van der Waals surface area contributed by atoms with Gasteiger partial charge in [-0.1, -0.05) is 51.1 Å². The molecule has 1 aromatic carbocycles. The van der Waals surface area contributed by atoms with Gasteiger partial charge < -0.3 is 10.4 Å². The molecule has 0 bridgehead atoms. The van der Waals surface area contributed by atoms with Crippen molar-refractivity contribution < 1.29 is 9.90 Å². The molecular formula is C25H30N2O2. The van der Waals surface area contributed by atoms with E-state index in [1.807, 2.05) is 25.1 Å². The second-order valence-electron chi connectivity index (χ2n) is 8.76. The summed E-state index contributed by atoms with van der Waals surface area (Å²) in [4.78, 5) is 16.8. The van der Waals surface area contributed by atoms with Crippen molar-refractivity contribution in [1.82, 2.24) is 4.98 Å². The van der Waals surface area contributed by atoms with Crippen LogP contribution in [0.5, 0.6) is 5.75 Å². The molecule has 29 heavy (non-hydrogen) atoms. The van der Waals surface area contributed by atoms with Crippen molar-refractivity contribution >= 4 is 11.6 Å². The molecule has 0 saturated carbocycles. The molecule has 0 radical (unpaired) electrons. The van der Waals surface area contributed by atoms with Gasteiger partial charge in [0.1, 0.15) is 5.75 Å². The molecule has 4 heteroatoms. The zero-order chi connectivity index (χ0) is 21.0. The minimum atomic E-state index is 0.000469. The molecule has 4 nitrogen and oxygen atoms in total. The van der Waals surface area contributed by atoms with Crippen molar-refractivity contribution in [2.75, 3.05) is 5.32 Å². The van der Waals surface area contributed by atoms with Crippen LogP contribution in [-0.4, -0.2) is 16.0 Å². The largest absolute Gasteiger partial charge is 0.507 e. The maximum atomic E-state index is 12.4. The van der Waals surface area contributed by atoms with Crippen LogP contribution in [0.4, 0.5) is 5.69 Å². The third-order valence-corrected chi connectivity index (χ3v) is 5.32. The lowest BCUT2D eigenvalue weighted by molar-refractivity contribution is -0.116. The molecule has 1 aliphatic carbocycles. The van der Waals surface area contributed by atoms with Gasteiger partial charge in [-0.2, -0.15) is 0 Å². The van der Waals surface area contributed by atoms with Gasteiger partial charge in [-0.3, -0.25) is 9.78 Å². The zero-order valence-electron chi connectivity index (χ0n) is 17.7. The summed E-state index contributed by atoms with van der Waals surface area (Å²) in [5, 5.41) is 13.0. The Balaban J connectivity index is 1.55. The van der Waals surface area contributed by atoms with Crippen LogP contribution in [0.25, 0.3) is 11.3 Å². The highest BCUT2D eigenvalue weighted by Crippen LogP contribution is 2.32. The van der Waals surface area contributed by atoms with E-state index in [1.165, 1.54) is 5.57 Å². The number of hydrogen-bond donors (Lipinski definition) is 2. The van der Waals surface area contributed by atoms with Crippen LogP contribution in [0.3, 0.4) is 0 Å². The van der Waals surface area contributed by atoms with Crippen LogP contribution >= 0.6 is 0 Å². The Hall–Kier alpha value is -2.88. The molecule has 1 atom stereocenters. The highest BCUT2D eigenvalue weighted by atomic mass is 16.3. The Morgan fingerprint density at radius 3 is 2.66 bits per heavy atom. The van der Waals surface area contributed by atoms with E-state index >= 15 is 0 Å². The number of benzene rings is 1. The number of allylic oxidation sites excluding steroid dienone is 4. The molecule has 0 saturated heterocycles. The van der Waals surface area contributed by atoms with E-state index in [0.29, 0.717) is 23.6 Å². The van der Waals surface area contributed by atoms with Crippen LogP contribution in [0.2, 0.25) is 0 Å². The first-order valence-corrected chi connectivity index (χ1v) is 10.2. The molecule has 3 rings (SSSR count). The average Bonchev–Trinajstić information content (AvgIpc) is 2.67. The molecule has 1 aromatic heterocycles. The van der Waals surface area contributed by atoms with Crippen molar-refractivity contribution in [2.24, 2.45) is 11.3 Å². The Morgan fingerprint density at radius 1 is 1.28 bits per heavy atom. The summed E-state index contributed by atoms with van der Waals surface area (Å²) in [7, 11) is 0. The summed E-state index contributed by atoms with van der Waals surface area (Å²) < 4.78 is 0. The lowest BCUT2D eigenvalue weighted by atomic mass is 9.81. The third kappa shape index (κ3) is 5.35. The maximum Gasteiger partial charge on any atom is 0.224 e. The van der Waals surface area contributed by atoms with Crippen molar-refractivity contribution in [3.63, 3.8) is 0 Å². The predicted molar refractivity (Wildman–Crippen MR) is 119 cm³/mol. The monoisotopic (exact) mass is 390 g/mol. The number of para-hydroxylation sites is 1. The summed E-state index contributed by atoms with van der Waals surface area (Å²) in [6.45, 7) is 8.59. The molecule has 1 aliphatic rings. The number of aromatic hydroxyl groups is 1. The first-order chi connectivity index (χ1) is 13.7. The second kappa shape index (κ2) is 8.64. The number of carbonyl (C=O) groups is 1. The van der Waals surface area contributed by atoms with E-state index in [1.54, 1.807) is 18.3 Å². The number of nitrogens with one attached hydrogen (secondary N) is 1. The fourth-order valence-corrected chi connectivity index (χ4v) is 3.57. The smallest absolute Gasteiger partial charge is 0.224 e. The molecule has 0 spiro atoms. The van der Waals surface area contributed by atoms with Crippen molar-refractivity contribution in [2.45, 2.75) is 47.0 Å². The predicted octanol–water partition coefficient (Wildman–Crippen LogP) is 6.03. The number of pyridine rings is 1. The lowest BCUT2D eigenvalue weighted by Gasteiger charge is -2.25. The Morgan fingerprint density at radius 2 is 2.03 bits per heavy atom. The number of nitrogens with zero attached hydrogens (tertiary/aromatic N) is 1. The summed E-state index contributed by atoms with van der Waals surface area (Å²) >= 11 is 0. The molecule has 2 aromatic rings. The summed E-state index contributed by atoms with van der Waals surface area (Å²) in [6, 6.07) is 9.02.